The van der Waals surface area contributed by atoms with Crippen molar-refractivity contribution in [1.29, 1.82) is 0 Å². The maximum Gasteiger partial charge on any atom is 0.241 e. The number of carbonyl (C=O) groups excluding carboxylic acids is 1. The van der Waals surface area contributed by atoms with Gasteiger partial charge in [0.05, 0.1) is 6.04 Å². The second-order valence-electron chi connectivity index (χ2n) is 6.51. The zero-order valence-corrected chi connectivity index (χ0v) is 13.7. The molecule has 1 atom stereocenters. The minimum absolute atomic E-state index is 0.207. The highest BCUT2D eigenvalue weighted by atomic mass is 16.5. The third kappa shape index (κ3) is 5.07. The molecule has 0 aliphatic carbocycles. The lowest BCUT2D eigenvalue weighted by atomic mass is 9.87. The smallest absolute Gasteiger partial charge is 0.241 e. The van der Waals surface area contributed by atoms with E-state index < -0.39 is 6.04 Å². The van der Waals surface area contributed by atoms with Crippen molar-refractivity contribution in [3.63, 3.8) is 0 Å². The molecule has 0 saturated carbocycles. The first-order valence-electron chi connectivity index (χ1n) is 7.54. The number of rotatable bonds is 5. The summed E-state index contributed by atoms with van der Waals surface area (Å²) in [4.78, 5) is 16.2. The molecule has 0 aliphatic rings. The lowest BCUT2D eigenvalue weighted by Gasteiger charge is -2.25. The first kappa shape index (κ1) is 17.0. The second kappa shape index (κ2) is 7.24. The fourth-order valence-electron chi connectivity index (χ4n) is 1.93. The quantitative estimate of drug-likeness (QED) is 0.889. The third-order valence-electron chi connectivity index (χ3n) is 3.45. The highest BCUT2D eigenvalue weighted by Crippen LogP contribution is 2.21. The van der Waals surface area contributed by atoms with E-state index >= 15 is 0 Å². The molecule has 0 bridgehead atoms. The van der Waals surface area contributed by atoms with Gasteiger partial charge in [-0.1, -0.05) is 32.9 Å². The van der Waals surface area contributed by atoms with Crippen LogP contribution in [0.3, 0.4) is 0 Å². The van der Waals surface area contributed by atoms with Crippen LogP contribution in [0.1, 0.15) is 26.3 Å². The normalized spacial score (nSPS) is 12.5. The van der Waals surface area contributed by atoms with E-state index in [1.165, 1.54) is 0 Å². The average molecular weight is 313 g/mol. The molecule has 0 saturated heterocycles. The first-order valence-corrected chi connectivity index (χ1v) is 7.54. The molecular weight excluding hydrogens is 290 g/mol. The maximum absolute atomic E-state index is 12.2. The van der Waals surface area contributed by atoms with Crippen LogP contribution in [0.25, 0.3) is 0 Å². The van der Waals surface area contributed by atoms with Crippen molar-refractivity contribution in [1.82, 2.24) is 4.98 Å². The summed E-state index contributed by atoms with van der Waals surface area (Å²) in [6.45, 7) is 6.23. The number of carbonyl (C=O) groups is 1. The standard InChI is InChI=1S/C18H23N3O2/c1-18(2,3)16(19)17(22)21-14-7-4-8-15(10-14)23-12-13-6-5-9-20-11-13/h4-11,16H,12,19H2,1-3H3,(H,21,22)/t16-/m1/s1. The van der Waals surface area contributed by atoms with Crippen LogP contribution in [0.2, 0.25) is 0 Å². The molecule has 0 aliphatic heterocycles. The van der Waals surface area contributed by atoms with Gasteiger partial charge in [-0.15, -0.1) is 0 Å². The Morgan fingerprint density at radius 1 is 1.30 bits per heavy atom. The van der Waals surface area contributed by atoms with E-state index in [4.69, 9.17) is 10.5 Å². The van der Waals surface area contributed by atoms with Gasteiger partial charge in [0.1, 0.15) is 12.4 Å². The second-order valence-corrected chi connectivity index (χ2v) is 6.51. The number of aromatic nitrogens is 1. The molecule has 1 aromatic carbocycles. The van der Waals surface area contributed by atoms with Gasteiger partial charge in [0.15, 0.2) is 0 Å². The Balaban J connectivity index is 1.98. The van der Waals surface area contributed by atoms with Crippen molar-refractivity contribution in [2.75, 3.05) is 5.32 Å². The Bertz CT molecular complexity index is 651. The van der Waals surface area contributed by atoms with Crippen LogP contribution in [0.15, 0.2) is 48.8 Å². The summed E-state index contributed by atoms with van der Waals surface area (Å²) >= 11 is 0. The van der Waals surface area contributed by atoms with Crippen molar-refractivity contribution in [3.8, 4) is 5.75 Å². The van der Waals surface area contributed by atoms with E-state index in [-0.39, 0.29) is 11.3 Å². The van der Waals surface area contributed by atoms with Crippen molar-refractivity contribution in [2.45, 2.75) is 33.4 Å². The lowest BCUT2D eigenvalue weighted by molar-refractivity contribution is -0.119. The van der Waals surface area contributed by atoms with Crippen molar-refractivity contribution >= 4 is 11.6 Å². The molecule has 2 rings (SSSR count). The summed E-state index contributed by atoms with van der Waals surface area (Å²) in [5.74, 6) is 0.470. The SMILES string of the molecule is CC(C)(C)[C@H](N)C(=O)Nc1cccc(OCc2cccnc2)c1. The fraction of sp³-hybridized carbons (Fsp3) is 0.333. The van der Waals surface area contributed by atoms with Gasteiger partial charge in [-0.05, 0) is 23.6 Å². The van der Waals surface area contributed by atoms with Crippen molar-refractivity contribution in [3.05, 3.63) is 54.4 Å². The molecule has 23 heavy (non-hydrogen) atoms. The molecule has 1 aromatic heterocycles. The number of hydrogen-bond acceptors (Lipinski definition) is 4. The van der Waals surface area contributed by atoms with Gasteiger partial charge >= 0.3 is 0 Å². The molecule has 0 unspecified atom stereocenters. The largest absolute Gasteiger partial charge is 0.489 e. The number of ether oxygens (including phenoxy) is 1. The molecule has 1 heterocycles. The Kier molecular flexibility index (Phi) is 5.34. The topological polar surface area (TPSA) is 77.2 Å². The van der Waals surface area contributed by atoms with Gasteiger partial charge in [-0.25, -0.2) is 0 Å². The fourth-order valence-corrected chi connectivity index (χ4v) is 1.93. The molecular formula is C18H23N3O2. The summed E-state index contributed by atoms with van der Waals surface area (Å²) < 4.78 is 5.72. The minimum Gasteiger partial charge on any atom is -0.489 e. The number of amides is 1. The van der Waals surface area contributed by atoms with Gasteiger partial charge in [-0.3, -0.25) is 9.78 Å². The lowest BCUT2D eigenvalue weighted by Crippen LogP contribution is -2.45. The molecule has 0 fully saturated rings. The molecule has 0 radical (unpaired) electrons. The van der Waals surface area contributed by atoms with E-state index in [1.54, 1.807) is 18.5 Å². The molecule has 5 nitrogen and oxygen atoms in total. The van der Waals surface area contributed by atoms with E-state index in [2.05, 4.69) is 10.3 Å². The summed E-state index contributed by atoms with van der Waals surface area (Å²) in [5, 5.41) is 2.83. The Labute approximate surface area is 136 Å². The predicted octanol–water partition coefficient (Wildman–Crippen LogP) is 2.97. The van der Waals surface area contributed by atoms with E-state index in [0.29, 0.717) is 18.0 Å². The Morgan fingerprint density at radius 2 is 2.09 bits per heavy atom. The van der Waals surface area contributed by atoms with Crippen LogP contribution < -0.4 is 15.8 Å². The van der Waals surface area contributed by atoms with Crippen LogP contribution in [0.5, 0.6) is 5.75 Å². The highest BCUT2D eigenvalue weighted by molar-refractivity contribution is 5.95. The van der Waals surface area contributed by atoms with Gasteiger partial charge in [0.2, 0.25) is 5.91 Å². The number of hydrogen-bond donors (Lipinski definition) is 2. The van der Waals surface area contributed by atoms with Crippen molar-refractivity contribution in [2.24, 2.45) is 11.1 Å². The number of pyridine rings is 1. The minimum atomic E-state index is -0.581. The van der Waals surface area contributed by atoms with E-state index in [1.807, 2.05) is 51.1 Å². The summed E-state index contributed by atoms with van der Waals surface area (Å²) in [6, 6.07) is 10.5. The first-order chi connectivity index (χ1) is 10.9. The highest BCUT2D eigenvalue weighted by Gasteiger charge is 2.27. The van der Waals surface area contributed by atoms with Crippen molar-refractivity contribution < 1.29 is 9.53 Å². The van der Waals surface area contributed by atoms with Gasteiger partial charge in [-0.2, -0.15) is 0 Å². The number of nitrogens with one attached hydrogen (secondary N) is 1. The zero-order valence-electron chi connectivity index (χ0n) is 13.7. The molecule has 0 spiro atoms. The van der Waals surface area contributed by atoms with Gasteiger partial charge < -0.3 is 15.8 Å². The summed E-state index contributed by atoms with van der Waals surface area (Å²) in [7, 11) is 0. The molecule has 1 amide bonds. The van der Waals surface area contributed by atoms with Gasteiger partial charge in [0.25, 0.3) is 0 Å². The molecule has 122 valence electrons. The van der Waals surface area contributed by atoms with Crippen LogP contribution in [0.4, 0.5) is 5.69 Å². The molecule has 5 heteroatoms. The number of benzene rings is 1. The Hall–Kier alpha value is -2.40. The summed E-state index contributed by atoms with van der Waals surface area (Å²) in [5.41, 5.74) is 7.32. The third-order valence-corrected chi connectivity index (χ3v) is 3.45. The average Bonchev–Trinajstić information content (AvgIpc) is 2.52. The number of nitrogens with zero attached hydrogens (tertiary/aromatic N) is 1. The Morgan fingerprint density at radius 3 is 2.74 bits per heavy atom. The van der Waals surface area contributed by atoms with E-state index in [9.17, 15) is 4.79 Å². The number of nitrogens with two attached hydrogens (primary N) is 1. The number of anilines is 1. The maximum atomic E-state index is 12.2. The van der Waals surface area contributed by atoms with Crippen LogP contribution >= 0.6 is 0 Å². The molecule has 2 aromatic rings. The van der Waals surface area contributed by atoms with Crippen LogP contribution in [-0.4, -0.2) is 16.9 Å². The van der Waals surface area contributed by atoms with Crippen LogP contribution in [-0.2, 0) is 11.4 Å². The van der Waals surface area contributed by atoms with E-state index in [0.717, 1.165) is 5.56 Å². The van der Waals surface area contributed by atoms with Gasteiger partial charge in [0, 0.05) is 29.7 Å². The molecule has 3 N–H and O–H groups in total. The zero-order chi connectivity index (χ0) is 16.9. The predicted molar refractivity (Wildman–Crippen MR) is 91.1 cm³/mol. The summed E-state index contributed by atoms with van der Waals surface area (Å²) in [6.07, 6.45) is 3.48. The monoisotopic (exact) mass is 313 g/mol. The van der Waals surface area contributed by atoms with Crippen LogP contribution in [0, 0.1) is 5.41 Å².